The molecule has 26 heavy (non-hydrogen) atoms. The molecule has 138 valence electrons. The first-order chi connectivity index (χ1) is 12.8. The van der Waals surface area contributed by atoms with Crippen LogP contribution in [-0.4, -0.2) is 44.4 Å². The van der Waals surface area contributed by atoms with Gasteiger partial charge in [0.05, 0.1) is 0 Å². The van der Waals surface area contributed by atoms with Crippen molar-refractivity contribution in [2.24, 2.45) is 0 Å². The normalized spacial score (nSPS) is 16.9. The summed E-state index contributed by atoms with van der Waals surface area (Å²) in [5.41, 5.74) is 2.61. The summed E-state index contributed by atoms with van der Waals surface area (Å²) in [6, 6.07) is 14.5. The molecule has 0 radical (unpaired) electrons. The number of unbranched alkanes of at least 4 members (excludes halogenated alkanes) is 1. The maximum atomic E-state index is 5.98. The smallest absolute Gasteiger partial charge is 0.231 e. The van der Waals surface area contributed by atoms with Gasteiger partial charge in [-0.2, -0.15) is 0 Å². The van der Waals surface area contributed by atoms with Gasteiger partial charge in [0.2, 0.25) is 6.79 Å². The van der Waals surface area contributed by atoms with Gasteiger partial charge in [0.1, 0.15) is 0 Å². The number of fused-ring (bicyclic) bond motifs is 1. The molecule has 0 N–H and O–H groups in total. The molecule has 2 aliphatic rings. The molecular weight excluding hydrogens is 348 g/mol. The standard InChI is InChI=1S/C21H25ClN2O2/c22-18-5-7-19(8-6-18)24-13-11-23(12-14-24)10-2-1-3-17-4-9-20-21(15-17)26-16-25-20/h4-9,15H,1-3,10-14,16H2. The zero-order valence-corrected chi connectivity index (χ0v) is 15.8. The van der Waals surface area contributed by atoms with Gasteiger partial charge in [0.15, 0.2) is 11.5 Å². The Labute approximate surface area is 160 Å². The van der Waals surface area contributed by atoms with E-state index in [2.05, 4.69) is 34.1 Å². The van der Waals surface area contributed by atoms with E-state index in [0.717, 1.165) is 49.1 Å². The minimum Gasteiger partial charge on any atom is -0.454 e. The average molecular weight is 373 g/mol. The van der Waals surface area contributed by atoms with Gasteiger partial charge >= 0.3 is 0 Å². The summed E-state index contributed by atoms with van der Waals surface area (Å²) < 4.78 is 10.8. The van der Waals surface area contributed by atoms with Crippen molar-refractivity contribution in [2.75, 3.05) is 44.4 Å². The lowest BCUT2D eigenvalue weighted by Gasteiger charge is -2.36. The molecule has 0 aliphatic carbocycles. The Morgan fingerprint density at radius 3 is 2.42 bits per heavy atom. The number of aryl methyl sites for hydroxylation is 1. The third kappa shape index (κ3) is 4.25. The number of anilines is 1. The van der Waals surface area contributed by atoms with Gasteiger partial charge in [0, 0.05) is 36.9 Å². The van der Waals surface area contributed by atoms with E-state index < -0.39 is 0 Å². The fourth-order valence-electron chi connectivity index (χ4n) is 3.64. The zero-order chi connectivity index (χ0) is 17.8. The first-order valence-electron chi connectivity index (χ1n) is 9.39. The average Bonchev–Trinajstić information content (AvgIpc) is 3.14. The van der Waals surface area contributed by atoms with E-state index >= 15 is 0 Å². The highest BCUT2D eigenvalue weighted by Crippen LogP contribution is 2.32. The lowest BCUT2D eigenvalue weighted by molar-refractivity contribution is 0.174. The first-order valence-corrected chi connectivity index (χ1v) is 9.77. The lowest BCUT2D eigenvalue weighted by atomic mass is 10.1. The Kier molecular flexibility index (Phi) is 5.51. The molecular formula is C21H25ClN2O2. The van der Waals surface area contributed by atoms with Crippen LogP contribution in [-0.2, 0) is 6.42 Å². The summed E-state index contributed by atoms with van der Waals surface area (Å²) in [5, 5.41) is 0.801. The van der Waals surface area contributed by atoms with Crippen molar-refractivity contribution in [3.63, 3.8) is 0 Å². The van der Waals surface area contributed by atoms with E-state index in [9.17, 15) is 0 Å². The highest BCUT2D eigenvalue weighted by Gasteiger charge is 2.17. The molecule has 0 spiro atoms. The van der Waals surface area contributed by atoms with E-state index in [0.29, 0.717) is 6.79 Å². The summed E-state index contributed by atoms with van der Waals surface area (Å²) in [6.45, 7) is 5.96. The Bertz CT molecular complexity index is 727. The highest BCUT2D eigenvalue weighted by molar-refractivity contribution is 6.30. The van der Waals surface area contributed by atoms with E-state index in [-0.39, 0.29) is 0 Å². The fraction of sp³-hybridized carbons (Fsp3) is 0.429. The van der Waals surface area contributed by atoms with Crippen LogP contribution in [0.2, 0.25) is 5.02 Å². The van der Waals surface area contributed by atoms with Gasteiger partial charge in [-0.25, -0.2) is 0 Å². The number of ether oxygens (including phenoxy) is 2. The van der Waals surface area contributed by atoms with Crippen LogP contribution in [0.1, 0.15) is 18.4 Å². The van der Waals surface area contributed by atoms with E-state index in [1.54, 1.807) is 0 Å². The van der Waals surface area contributed by atoms with Crippen molar-refractivity contribution in [3.05, 3.63) is 53.1 Å². The quantitative estimate of drug-likeness (QED) is 0.709. The van der Waals surface area contributed by atoms with Crippen LogP contribution >= 0.6 is 11.6 Å². The van der Waals surface area contributed by atoms with Crippen LogP contribution in [0.15, 0.2) is 42.5 Å². The van der Waals surface area contributed by atoms with Gasteiger partial charge in [-0.15, -0.1) is 0 Å². The van der Waals surface area contributed by atoms with Gasteiger partial charge in [0.25, 0.3) is 0 Å². The summed E-state index contributed by atoms with van der Waals surface area (Å²) in [5.74, 6) is 1.76. The maximum absolute atomic E-state index is 5.98. The van der Waals surface area contributed by atoms with Crippen LogP contribution in [0.3, 0.4) is 0 Å². The number of hydrogen-bond donors (Lipinski definition) is 0. The molecule has 0 unspecified atom stereocenters. The molecule has 4 rings (SSSR count). The Hall–Kier alpha value is -1.91. The number of hydrogen-bond acceptors (Lipinski definition) is 4. The molecule has 0 atom stereocenters. The number of nitrogens with zero attached hydrogens (tertiary/aromatic N) is 2. The summed E-state index contributed by atoms with van der Waals surface area (Å²) in [6.07, 6.45) is 3.54. The molecule has 2 aromatic rings. The van der Waals surface area contributed by atoms with Crippen LogP contribution in [0.5, 0.6) is 11.5 Å². The Balaban J connectivity index is 1.17. The number of rotatable bonds is 6. The van der Waals surface area contributed by atoms with Gasteiger partial charge in [-0.1, -0.05) is 17.7 Å². The van der Waals surface area contributed by atoms with Gasteiger partial charge < -0.3 is 14.4 Å². The third-order valence-electron chi connectivity index (χ3n) is 5.19. The van der Waals surface area contributed by atoms with Crippen molar-refractivity contribution in [1.29, 1.82) is 0 Å². The predicted octanol–water partition coefficient (Wildman–Crippen LogP) is 4.21. The molecule has 0 aromatic heterocycles. The second-order valence-corrected chi connectivity index (χ2v) is 7.39. The number of piperazine rings is 1. The molecule has 0 saturated carbocycles. The number of halogens is 1. The van der Waals surface area contributed by atoms with Crippen molar-refractivity contribution < 1.29 is 9.47 Å². The number of benzene rings is 2. The molecule has 0 bridgehead atoms. The minimum absolute atomic E-state index is 0.348. The van der Waals surface area contributed by atoms with Crippen molar-refractivity contribution in [1.82, 2.24) is 4.90 Å². The van der Waals surface area contributed by atoms with Crippen LogP contribution in [0, 0.1) is 0 Å². The van der Waals surface area contributed by atoms with E-state index in [1.807, 2.05) is 18.2 Å². The zero-order valence-electron chi connectivity index (χ0n) is 15.0. The van der Waals surface area contributed by atoms with Crippen LogP contribution in [0.4, 0.5) is 5.69 Å². The molecule has 2 aromatic carbocycles. The molecule has 2 heterocycles. The third-order valence-corrected chi connectivity index (χ3v) is 5.44. The van der Waals surface area contributed by atoms with Crippen LogP contribution < -0.4 is 14.4 Å². The van der Waals surface area contributed by atoms with Crippen LogP contribution in [0.25, 0.3) is 0 Å². The molecule has 2 aliphatic heterocycles. The first kappa shape index (κ1) is 17.5. The molecule has 5 heteroatoms. The van der Waals surface area contributed by atoms with Crippen molar-refractivity contribution in [2.45, 2.75) is 19.3 Å². The topological polar surface area (TPSA) is 24.9 Å². The SMILES string of the molecule is Clc1ccc(N2CCN(CCCCc3ccc4c(c3)OCO4)CC2)cc1. The van der Waals surface area contributed by atoms with Crippen molar-refractivity contribution >= 4 is 17.3 Å². The van der Waals surface area contributed by atoms with Crippen molar-refractivity contribution in [3.8, 4) is 11.5 Å². The minimum atomic E-state index is 0.348. The Morgan fingerprint density at radius 1 is 0.846 bits per heavy atom. The predicted molar refractivity (Wildman–Crippen MR) is 106 cm³/mol. The Morgan fingerprint density at radius 2 is 1.62 bits per heavy atom. The molecule has 4 nitrogen and oxygen atoms in total. The summed E-state index contributed by atoms with van der Waals surface area (Å²) in [7, 11) is 0. The monoisotopic (exact) mass is 372 g/mol. The molecule has 0 amide bonds. The van der Waals surface area contributed by atoms with E-state index in [4.69, 9.17) is 21.1 Å². The van der Waals surface area contributed by atoms with Gasteiger partial charge in [-0.05, 0) is 67.8 Å². The lowest BCUT2D eigenvalue weighted by Crippen LogP contribution is -2.46. The largest absolute Gasteiger partial charge is 0.454 e. The highest BCUT2D eigenvalue weighted by atomic mass is 35.5. The second kappa shape index (κ2) is 8.19. The summed E-state index contributed by atoms with van der Waals surface area (Å²) >= 11 is 5.98. The van der Waals surface area contributed by atoms with E-state index in [1.165, 1.54) is 30.6 Å². The molecule has 1 saturated heterocycles. The maximum Gasteiger partial charge on any atom is 0.231 e. The fourth-order valence-corrected chi connectivity index (χ4v) is 3.77. The second-order valence-electron chi connectivity index (χ2n) is 6.95. The summed E-state index contributed by atoms with van der Waals surface area (Å²) in [4.78, 5) is 5.02. The van der Waals surface area contributed by atoms with Gasteiger partial charge in [-0.3, -0.25) is 4.90 Å². The molecule has 1 fully saturated rings.